The highest BCUT2D eigenvalue weighted by Crippen LogP contribution is 2.45. The van der Waals surface area contributed by atoms with Crippen LogP contribution in [-0.2, 0) is 15.1 Å². The van der Waals surface area contributed by atoms with Gasteiger partial charge in [0, 0.05) is 11.6 Å². The Morgan fingerprint density at radius 3 is 2.65 bits per heavy atom. The molecule has 2 fully saturated rings. The summed E-state index contributed by atoms with van der Waals surface area (Å²) < 4.78 is 27.4. The second-order valence-corrected chi connectivity index (χ2v) is 8.37. The largest absolute Gasteiger partial charge is 0.502 e. The number of phenols is 2. The Kier molecular flexibility index (Phi) is 4.33. The standard InChI is InChI=1S/C22H22FN3O5/c1-22(9-31-10-22)26-15-6-5-12(24-21(29)11-3-4-11)7-14(15)25-20(26)13-8-16(30-2)18(27)19(28)17(13)23/h5-8,11,27-28H,3-4,9-10H2,1-2H3,(H,24,29). The van der Waals surface area contributed by atoms with Gasteiger partial charge in [-0.25, -0.2) is 9.37 Å². The number of hydrogen-bond acceptors (Lipinski definition) is 6. The third-order valence-electron chi connectivity index (χ3n) is 5.87. The Hall–Kier alpha value is -3.33. The van der Waals surface area contributed by atoms with Crippen molar-refractivity contribution < 1.29 is 28.9 Å². The highest BCUT2D eigenvalue weighted by atomic mass is 19.1. The van der Waals surface area contributed by atoms with E-state index < -0.39 is 22.9 Å². The zero-order valence-corrected chi connectivity index (χ0v) is 17.1. The summed E-state index contributed by atoms with van der Waals surface area (Å²) in [5.74, 6) is -2.33. The van der Waals surface area contributed by atoms with Gasteiger partial charge in [0.1, 0.15) is 5.82 Å². The van der Waals surface area contributed by atoms with Crippen molar-refractivity contribution in [1.82, 2.24) is 9.55 Å². The van der Waals surface area contributed by atoms with Crippen LogP contribution in [0.1, 0.15) is 19.8 Å². The number of carbonyl (C=O) groups excluding carboxylic acids is 1. The van der Waals surface area contributed by atoms with E-state index in [9.17, 15) is 15.0 Å². The number of methoxy groups -OCH3 is 1. The molecule has 1 amide bonds. The number of nitrogens with zero attached hydrogens (tertiary/aromatic N) is 2. The van der Waals surface area contributed by atoms with Gasteiger partial charge in [-0.15, -0.1) is 0 Å². The number of imidazole rings is 1. The van der Waals surface area contributed by atoms with Crippen LogP contribution in [-0.4, -0.2) is 46.0 Å². The number of amides is 1. The van der Waals surface area contributed by atoms with E-state index in [-0.39, 0.29) is 29.0 Å². The van der Waals surface area contributed by atoms with Gasteiger partial charge >= 0.3 is 0 Å². The van der Waals surface area contributed by atoms with E-state index in [2.05, 4.69) is 10.3 Å². The van der Waals surface area contributed by atoms with E-state index in [0.717, 1.165) is 18.4 Å². The molecule has 9 heteroatoms. The van der Waals surface area contributed by atoms with Crippen LogP contribution in [0, 0.1) is 11.7 Å². The first-order valence-electron chi connectivity index (χ1n) is 10.0. The number of nitrogens with one attached hydrogen (secondary N) is 1. The molecular formula is C22H22FN3O5. The number of aromatic nitrogens is 2. The van der Waals surface area contributed by atoms with E-state index in [1.807, 2.05) is 17.6 Å². The molecule has 3 aromatic rings. The second-order valence-electron chi connectivity index (χ2n) is 8.37. The Morgan fingerprint density at radius 2 is 2.03 bits per heavy atom. The summed E-state index contributed by atoms with van der Waals surface area (Å²) in [5.41, 5.74) is 1.41. The van der Waals surface area contributed by atoms with Gasteiger partial charge in [-0.3, -0.25) is 4.79 Å². The van der Waals surface area contributed by atoms with Crippen LogP contribution in [0.4, 0.5) is 10.1 Å². The lowest BCUT2D eigenvalue weighted by Crippen LogP contribution is -2.49. The Bertz CT molecular complexity index is 1210. The lowest BCUT2D eigenvalue weighted by Gasteiger charge is -2.40. The van der Waals surface area contributed by atoms with Crippen LogP contribution in [0.15, 0.2) is 24.3 Å². The quantitative estimate of drug-likeness (QED) is 0.539. The summed E-state index contributed by atoms with van der Waals surface area (Å²) in [4.78, 5) is 16.8. The van der Waals surface area contributed by atoms with Crippen molar-refractivity contribution in [1.29, 1.82) is 0 Å². The number of ether oxygens (including phenoxy) is 2. The molecule has 0 unspecified atom stereocenters. The molecule has 1 aromatic heterocycles. The van der Waals surface area contributed by atoms with Gasteiger partial charge in [0.15, 0.2) is 17.3 Å². The summed E-state index contributed by atoms with van der Waals surface area (Å²) in [7, 11) is 1.31. The summed E-state index contributed by atoms with van der Waals surface area (Å²) in [6.45, 7) is 2.79. The minimum atomic E-state index is -0.999. The van der Waals surface area contributed by atoms with Gasteiger partial charge < -0.3 is 29.6 Å². The predicted molar refractivity (Wildman–Crippen MR) is 111 cm³/mol. The highest BCUT2D eigenvalue weighted by Gasteiger charge is 2.39. The van der Waals surface area contributed by atoms with Crippen LogP contribution >= 0.6 is 0 Å². The van der Waals surface area contributed by atoms with Crippen LogP contribution in [0.2, 0.25) is 0 Å². The topological polar surface area (TPSA) is 106 Å². The zero-order valence-electron chi connectivity index (χ0n) is 17.1. The summed E-state index contributed by atoms with van der Waals surface area (Å²) in [6, 6.07) is 6.67. The molecule has 3 N–H and O–H groups in total. The lowest BCUT2D eigenvalue weighted by atomic mass is 9.98. The maximum Gasteiger partial charge on any atom is 0.227 e. The number of rotatable bonds is 5. The predicted octanol–water partition coefficient (Wildman–Crippen LogP) is 3.36. The Labute approximate surface area is 177 Å². The van der Waals surface area contributed by atoms with E-state index in [0.29, 0.717) is 24.4 Å². The Morgan fingerprint density at radius 1 is 1.29 bits per heavy atom. The van der Waals surface area contributed by atoms with Crippen LogP contribution in [0.3, 0.4) is 0 Å². The maximum atomic E-state index is 15.0. The third-order valence-corrected chi connectivity index (χ3v) is 5.87. The summed E-state index contributed by atoms with van der Waals surface area (Å²) in [5, 5.41) is 22.9. The van der Waals surface area contributed by atoms with E-state index >= 15 is 4.39 Å². The molecule has 5 rings (SSSR count). The van der Waals surface area contributed by atoms with Gasteiger partial charge in [0.05, 0.1) is 42.5 Å². The van der Waals surface area contributed by atoms with Gasteiger partial charge in [0.25, 0.3) is 0 Å². The minimum absolute atomic E-state index is 0.0139. The molecule has 0 spiro atoms. The number of fused-ring (bicyclic) bond motifs is 1. The van der Waals surface area contributed by atoms with Gasteiger partial charge in [-0.2, -0.15) is 0 Å². The third kappa shape index (κ3) is 3.07. The van der Waals surface area contributed by atoms with Crippen molar-refractivity contribution in [2.45, 2.75) is 25.3 Å². The molecule has 1 aliphatic heterocycles. The maximum absolute atomic E-state index is 15.0. The molecule has 0 bridgehead atoms. The SMILES string of the molecule is COc1cc(-c2nc3cc(NC(=O)C4CC4)ccc3n2C2(C)COC2)c(F)c(O)c1O. The smallest absolute Gasteiger partial charge is 0.227 e. The fourth-order valence-electron chi connectivity index (χ4n) is 3.93. The first-order valence-corrected chi connectivity index (χ1v) is 10.0. The number of phenolic OH excluding ortho intramolecular Hbond substituents is 2. The van der Waals surface area contributed by atoms with Crippen molar-refractivity contribution in [3.63, 3.8) is 0 Å². The molecule has 1 saturated carbocycles. The van der Waals surface area contributed by atoms with Crippen LogP contribution in [0.5, 0.6) is 17.2 Å². The number of aromatic hydroxyl groups is 2. The normalized spacial score (nSPS) is 17.4. The zero-order chi connectivity index (χ0) is 21.9. The molecule has 162 valence electrons. The van der Waals surface area contributed by atoms with E-state index in [4.69, 9.17) is 9.47 Å². The average molecular weight is 427 g/mol. The number of anilines is 1. The minimum Gasteiger partial charge on any atom is -0.502 e. The van der Waals surface area contributed by atoms with Crippen molar-refractivity contribution in [3.05, 3.63) is 30.1 Å². The molecule has 2 aliphatic rings. The molecule has 0 radical (unpaired) electrons. The van der Waals surface area contributed by atoms with Crippen molar-refractivity contribution in [2.75, 3.05) is 25.6 Å². The van der Waals surface area contributed by atoms with Crippen molar-refractivity contribution in [3.8, 4) is 28.6 Å². The average Bonchev–Trinajstić information content (AvgIpc) is 3.52. The van der Waals surface area contributed by atoms with Gasteiger partial charge in [0.2, 0.25) is 11.7 Å². The summed E-state index contributed by atoms with van der Waals surface area (Å²) in [6.07, 6.45) is 1.80. The highest BCUT2D eigenvalue weighted by molar-refractivity contribution is 5.96. The second kappa shape index (κ2) is 6.84. The molecule has 8 nitrogen and oxygen atoms in total. The number of halogens is 1. The number of benzene rings is 2. The molecule has 2 aromatic carbocycles. The first-order chi connectivity index (χ1) is 14.8. The first kappa shape index (κ1) is 19.6. The van der Waals surface area contributed by atoms with Crippen LogP contribution < -0.4 is 10.1 Å². The van der Waals surface area contributed by atoms with E-state index in [1.165, 1.54) is 13.2 Å². The van der Waals surface area contributed by atoms with Crippen molar-refractivity contribution in [2.24, 2.45) is 5.92 Å². The van der Waals surface area contributed by atoms with Crippen LogP contribution in [0.25, 0.3) is 22.4 Å². The fraction of sp³-hybridized carbons (Fsp3) is 0.364. The molecule has 0 atom stereocenters. The monoisotopic (exact) mass is 427 g/mol. The van der Waals surface area contributed by atoms with E-state index in [1.54, 1.807) is 12.1 Å². The lowest BCUT2D eigenvalue weighted by molar-refractivity contribution is -0.117. The van der Waals surface area contributed by atoms with Crippen molar-refractivity contribution >= 4 is 22.6 Å². The number of hydrogen-bond donors (Lipinski definition) is 3. The number of carbonyl (C=O) groups is 1. The molecule has 1 aliphatic carbocycles. The van der Waals surface area contributed by atoms with Gasteiger partial charge in [-0.05, 0) is 44.0 Å². The van der Waals surface area contributed by atoms with Gasteiger partial charge in [-0.1, -0.05) is 0 Å². The fourth-order valence-corrected chi connectivity index (χ4v) is 3.93. The summed E-state index contributed by atoms with van der Waals surface area (Å²) >= 11 is 0. The molecule has 1 saturated heterocycles. The molecule has 2 heterocycles. The Balaban J connectivity index is 1.69. The molecular weight excluding hydrogens is 405 g/mol. The molecule has 31 heavy (non-hydrogen) atoms.